The predicted octanol–water partition coefficient (Wildman–Crippen LogP) is 5.75. The van der Waals surface area contributed by atoms with Crippen molar-refractivity contribution in [2.75, 3.05) is 7.05 Å². The van der Waals surface area contributed by atoms with Gasteiger partial charge in [-0.25, -0.2) is 0 Å². The van der Waals surface area contributed by atoms with Gasteiger partial charge in [0, 0.05) is 18.5 Å². The fourth-order valence-electron chi connectivity index (χ4n) is 4.95. The number of fused-ring (bicyclic) bond motifs is 1. The van der Waals surface area contributed by atoms with E-state index in [1.54, 1.807) is 0 Å². The Hall–Kier alpha value is -1.80. The lowest BCUT2D eigenvalue weighted by atomic mass is 9.69. The Bertz CT molecular complexity index is 697. The molecule has 26 heavy (non-hydrogen) atoms. The van der Waals surface area contributed by atoms with Gasteiger partial charge in [0.25, 0.3) is 0 Å². The second-order valence-corrected chi connectivity index (χ2v) is 7.92. The molecule has 0 amide bonds. The average molecular weight is 352 g/mol. The molecule has 0 fully saturated rings. The highest BCUT2D eigenvalue weighted by molar-refractivity contribution is 5.41. The second-order valence-electron chi connectivity index (χ2n) is 7.92. The van der Waals surface area contributed by atoms with Crippen molar-refractivity contribution in [1.82, 2.24) is 4.90 Å². The van der Waals surface area contributed by atoms with Crippen molar-refractivity contribution >= 4 is 0 Å². The van der Waals surface area contributed by atoms with Crippen LogP contribution >= 0.6 is 0 Å². The Morgan fingerprint density at radius 2 is 1.73 bits per heavy atom. The first kappa shape index (κ1) is 19.0. The molecule has 0 radical (unpaired) electrons. The Morgan fingerprint density at radius 3 is 2.42 bits per heavy atom. The zero-order chi connectivity index (χ0) is 18.5. The number of likely N-dealkylation sites (N-methyl/N-ethyl adjacent to an activating group) is 1. The number of aromatic hydroxyl groups is 1. The average Bonchev–Trinajstić information content (AvgIpc) is 2.63. The lowest BCUT2D eigenvalue weighted by molar-refractivity contribution is 0.116. The zero-order valence-corrected chi connectivity index (χ0v) is 16.5. The van der Waals surface area contributed by atoms with Gasteiger partial charge >= 0.3 is 0 Å². The topological polar surface area (TPSA) is 23.5 Å². The van der Waals surface area contributed by atoms with Crippen LogP contribution in [0, 0.1) is 5.92 Å². The number of nitrogens with zero attached hydrogens (tertiary/aromatic N) is 1. The highest BCUT2D eigenvalue weighted by Crippen LogP contribution is 2.43. The Morgan fingerprint density at radius 1 is 1.00 bits per heavy atom. The number of rotatable bonds is 7. The van der Waals surface area contributed by atoms with Crippen LogP contribution in [0.15, 0.2) is 48.5 Å². The molecule has 0 aliphatic heterocycles. The molecule has 140 valence electrons. The highest BCUT2D eigenvalue weighted by atomic mass is 16.3. The molecule has 2 aromatic rings. The Labute approximate surface area is 158 Å². The minimum Gasteiger partial charge on any atom is -0.508 e. The summed E-state index contributed by atoms with van der Waals surface area (Å²) in [5, 5.41) is 10.1. The van der Waals surface area contributed by atoms with Crippen molar-refractivity contribution < 1.29 is 5.11 Å². The fourth-order valence-corrected chi connectivity index (χ4v) is 4.95. The Kier molecular flexibility index (Phi) is 6.37. The molecule has 0 heterocycles. The van der Waals surface area contributed by atoms with Gasteiger partial charge in [-0.05, 0) is 61.1 Å². The molecular formula is C24H33NO. The zero-order valence-electron chi connectivity index (χ0n) is 16.5. The van der Waals surface area contributed by atoms with Crippen LogP contribution in [0.5, 0.6) is 5.75 Å². The molecule has 3 rings (SSSR count). The van der Waals surface area contributed by atoms with Gasteiger partial charge < -0.3 is 5.11 Å². The van der Waals surface area contributed by atoms with Crippen molar-refractivity contribution in [3.05, 3.63) is 65.2 Å². The first-order valence-electron chi connectivity index (χ1n) is 10.2. The summed E-state index contributed by atoms with van der Waals surface area (Å²) in [5.74, 6) is 1.59. The van der Waals surface area contributed by atoms with Gasteiger partial charge in [-0.3, -0.25) is 4.90 Å². The van der Waals surface area contributed by atoms with Crippen LogP contribution in [0.2, 0.25) is 0 Å². The normalized spacial score (nSPS) is 22.4. The third kappa shape index (κ3) is 4.12. The van der Waals surface area contributed by atoms with E-state index < -0.39 is 0 Å². The van der Waals surface area contributed by atoms with Crippen LogP contribution in [0.1, 0.15) is 62.1 Å². The van der Waals surface area contributed by atoms with E-state index in [0.717, 1.165) is 13.0 Å². The maximum Gasteiger partial charge on any atom is 0.115 e. The molecule has 1 aliphatic rings. The summed E-state index contributed by atoms with van der Waals surface area (Å²) in [6.07, 6.45) is 5.99. The minimum absolute atomic E-state index is 0.406. The van der Waals surface area contributed by atoms with E-state index >= 15 is 0 Å². The number of phenolic OH excluding ortho intramolecular Hbond substituents is 1. The SMILES string of the molecule is CCC[C@H]1Cc2ccc(O)cc2[C@@H](CCC)C1N(C)Cc1ccccc1. The molecular weight excluding hydrogens is 318 g/mol. The molecule has 1 unspecified atom stereocenters. The molecule has 0 saturated carbocycles. The van der Waals surface area contributed by atoms with E-state index in [0.29, 0.717) is 23.6 Å². The van der Waals surface area contributed by atoms with Crippen molar-refractivity contribution in [1.29, 1.82) is 0 Å². The van der Waals surface area contributed by atoms with Gasteiger partial charge in [0.05, 0.1) is 0 Å². The largest absolute Gasteiger partial charge is 0.508 e. The van der Waals surface area contributed by atoms with Crippen molar-refractivity contribution in [3.8, 4) is 5.75 Å². The molecule has 0 aromatic heterocycles. The van der Waals surface area contributed by atoms with Crippen LogP contribution in [-0.4, -0.2) is 23.1 Å². The molecule has 2 heteroatoms. The summed E-state index contributed by atoms with van der Waals surface area (Å²) < 4.78 is 0. The standard InChI is InChI=1S/C24H33NO/c1-4-9-20-15-19-13-14-21(26)16-23(19)22(10-5-2)24(20)25(3)17-18-11-7-6-8-12-18/h6-8,11-14,16,20,22,24,26H,4-5,9-10,15,17H2,1-3H3/t20-,22+,24?/m0/s1. The van der Waals surface area contributed by atoms with Crippen LogP contribution in [-0.2, 0) is 13.0 Å². The lowest BCUT2D eigenvalue weighted by Crippen LogP contribution is -2.45. The summed E-state index contributed by atoms with van der Waals surface area (Å²) in [5.41, 5.74) is 4.20. The van der Waals surface area contributed by atoms with Gasteiger partial charge in [-0.1, -0.05) is 63.1 Å². The van der Waals surface area contributed by atoms with Crippen LogP contribution in [0.25, 0.3) is 0 Å². The Balaban J connectivity index is 1.94. The van der Waals surface area contributed by atoms with Crippen molar-refractivity contribution in [2.45, 2.75) is 64.5 Å². The lowest BCUT2D eigenvalue weighted by Gasteiger charge is -2.45. The molecule has 1 aliphatic carbocycles. The van der Waals surface area contributed by atoms with E-state index in [1.807, 2.05) is 12.1 Å². The fraction of sp³-hybridized carbons (Fsp3) is 0.500. The monoisotopic (exact) mass is 351 g/mol. The number of hydrogen-bond donors (Lipinski definition) is 1. The summed E-state index contributed by atoms with van der Waals surface area (Å²) in [7, 11) is 2.29. The molecule has 0 saturated heterocycles. The predicted molar refractivity (Wildman–Crippen MR) is 110 cm³/mol. The van der Waals surface area contributed by atoms with Crippen LogP contribution in [0.3, 0.4) is 0 Å². The first-order chi connectivity index (χ1) is 12.6. The smallest absolute Gasteiger partial charge is 0.115 e. The van der Waals surface area contributed by atoms with E-state index in [9.17, 15) is 5.11 Å². The number of phenols is 1. The van der Waals surface area contributed by atoms with Gasteiger partial charge in [-0.15, -0.1) is 0 Å². The first-order valence-corrected chi connectivity index (χ1v) is 10.2. The van der Waals surface area contributed by atoms with E-state index in [1.165, 1.54) is 42.4 Å². The van der Waals surface area contributed by atoms with Crippen LogP contribution < -0.4 is 0 Å². The van der Waals surface area contributed by atoms with Gasteiger partial charge in [0.15, 0.2) is 0 Å². The maximum absolute atomic E-state index is 10.1. The van der Waals surface area contributed by atoms with E-state index in [4.69, 9.17) is 0 Å². The summed E-state index contributed by atoms with van der Waals surface area (Å²) in [6, 6.07) is 17.4. The molecule has 1 N–H and O–H groups in total. The van der Waals surface area contributed by atoms with Gasteiger partial charge in [0.2, 0.25) is 0 Å². The minimum atomic E-state index is 0.406. The highest BCUT2D eigenvalue weighted by Gasteiger charge is 2.38. The van der Waals surface area contributed by atoms with Crippen molar-refractivity contribution in [2.24, 2.45) is 5.92 Å². The molecule has 0 bridgehead atoms. The summed E-state index contributed by atoms with van der Waals surface area (Å²) in [6.45, 7) is 5.57. The maximum atomic E-state index is 10.1. The number of hydrogen-bond acceptors (Lipinski definition) is 2. The number of benzene rings is 2. The third-order valence-corrected chi connectivity index (χ3v) is 5.95. The van der Waals surface area contributed by atoms with Gasteiger partial charge in [-0.2, -0.15) is 0 Å². The van der Waals surface area contributed by atoms with Crippen LogP contribution in [0.4, 0.5) is 0 Å². The third-order valence-electron chi connectivity index (χ3n) is 5.95. The summed E-state index contributed by atoms with van der Waals surface area (Å²) >= 11 is 0. The van der Waals surface area contributed by atoms with Crippen molar-refractivity contribution in [3.63, 3.8) is 0 Å². The summed E-state index contributed by atoms with van der Waals surface area (Å²) in [4.78, 5) is 2.57. The second kappa shape index (κ2) is 8.73. The van der Waals surface area contributed by atoms with Gasteiger partial charge in [0.1, 0.15) is 5.75 Å². The van der Waals surface area contributed by atoms with E-state index in [2.05, 4.69) is 62.2 Å². The molecule has 2 nitrogen and oxygen atoms in total. The molecule has 2 aromatic carbocycles. The van der Waals surface area contributed by atoms with E-state index in [-0.39, 0.29) is 0 Å². The molecule has 3 atom stereocenters. The molecule has 0 spiro atoms. The quantitative estimate of drug-likeness (QED) is 0.686.